The minimum absolute atomic E-state index is 0.00990. The van der Waals surface area contributed by atoms with Gasteiger partial charge in [0.05, 0.1) is 11.4 Å². The van der Waals surface area contributed by atoms with Crippen molar-refractivity contribution in [3.05, 3.63) is 23.3 Å². The molecule has 0 heterocycles. The smallest absolute Gasteiger partial charge is 0.228 e. The molecule has 1 aromatic rings. The van der Waals surface area contributed by atoms with E-state index in [9.17, 15) is 4.79 Å². The van der Waals surface area contributed by atoms with E-state index in [-0.39, 0.29) is 11.8 Å². The molecule has 3 N–H and O–H groups in total. The van der Waals surface area contributed by atoms with Gasteiger partial charge in [-0.3, -0.25) is 4.79 Å². The second-order valence-electron chi connectivity index (χ2n) is 4.32. The number of benzene rings is 1. The Labute approximate surface area is 107 Å². The van der Waals surface area contributed by atoms with E-state index in [1.807, 2.05) is 39.2 Å². The van der Waals surface area contributed by atoms with Gasteiger partial charge < -0.3 is 11.1 Å². The summed E-state index contributed by atoms with van der Waals surface area (Å²) in [5, 5.41) is 2.93. The lowest BCUT2D eigenvalue weighted by Crippen LogP contribution is -2.23. The third-order valence-electron chi connectivity index (χ3n) is 2.88. The molecule has 17 heavy (non-hydrogen) atoms. The average Bonchev–Trinajstić information content (AvgIpc) is 2.29. The summed E-state index contributed by atoms with van der Waals surface area (Å²) >= 11 is 1.67. The SMILES string of the molecule is CSCC(C)C(=O)Nc1c(N)ccc(C)c1C. The van der Waals surface area contributed by atoms with Crippen LogP contribution >= 0.6 is 11.8 Å². The summed E-state index contributed by atoms with van der Waals surface area (Å²) in [6.07, 6.45) is 2.00. The van der Waals surface area contributed by atoms with Gasteiger partial charge in [0.1, 0.15) is 0 Å². The maximum absolute atomic E-state index is 11.9. The van der Waals surface area contributed by atoms with Crippen LogP contribution in [0.5, 0.6) is 0 Å². The zero-order chi connectivity index (χ0) is 13.0. The summed E-state index contributed by atoms with van der Waals surface area (Å²) in [6, 6.07) is 3.79. The van der Waals surface area contributed by atoms with Gasteiger partial charge in [-0.05, 0) is 37.3 Å². The first-order valence-corrected chi connectivity index (χ1v) is 7.02. The summed E-state index contributed by atoms with van der Waals surface area (Å²) in [5.74, 6) is 0.834. The number of amides is 1. The third-order valence-corrected chi connectivity index (χ3v) is 3.71. The van der Waals surface area contributed by atoms with Crippen molar-refractivity contribution >= 4 is 29.0 Å². The van der Waals surface area contributed by atoms with Crippen molar-refractivity contribution < 1.29 is 4.79 Å². The second kappa shape index (κ2) is 5.96. The number of nitrogens with one attached hydrogen (secondary N) is 1. The van der Waals surface area contributed by atoms with Gasteiger partial charge in [0.25, 0.3) is 0 Å². The summed E-state index contributed by atoms with van der Waals surface area (Å²) in [7, 11) is 0. The Morgan fingerprint density at radius 2 is 2.12 bits per heavy atom. The minimum atomic E-state index is -0.00990. The topological polar surface area (TPSA) is 55.1 Å². The van der Waals surface area contributed by atoms with Crippen LogP contribution in [-0.4, -0.2) is 17.9 Å². The second-order valence-corrected chi connectivity index (χ2v) is 5.23. The molecule has 1 atom stereocenters. The predicted octanol–water partition coefficient (Wildman–Crippen LogP) is 2.82. The number of nitrogen functional groups attached to an aromatic ring is 1. The molecule has 0 saturated carbocycles. The van der Waals surface area contributed by atoms with E-state index in [1.54, 1.807) is 11.8 Å². The van der Waals surface area contributed by atoms with E-state index in [0.29, 0.717) is 5.69 Å². The van der Waals surface area contributed by atoms with Crippen molar-refractivity contribution in [1.29, 1.82) is 0 Å². The molecule has 0 bridgehead atoms. The average molecular weight is 252 g/mol. The van der Waals surface area contributed by atoms with Crippen molar-refractivity contribution in [2.24, 2.45) is 5.92 Å². The first-order valence-electron chi connectivity index (χ1n) is 5.62. The highest BCUT2D eigenvalue weighted by molar-refractivity contribution is 7.98. The van der Waals surface area contributed by atoms with Gasteiger partial charge >= 0.3 is 0 Å². The van der Waals surface area contributed by atoms with Crippen LogP contribution in [-0.2, 0) is 4.79 Å². The number of thioether (sulfide) groups is 1. The number of carbonyl (C=O) groups excluding carboxylic acids is 1. The van der Waals surface area contributed by atoms with Crippen molar-refractivity contribution in [2.45, 2.75) is 20.8 Å². The lowest BCUT2D eigenvalue weighted by Gasteiger charge is -2.16. The molecule has 1 rings (SSSR count). The van der Waals surface area contributed by atoms with Crippen LogP contribution in [0.25, 0.3) is 0 Å². The van der Waals surface area contributed by atoms with E-state index >= 15 is 0 Å². The molecule has 3 nitrogen and oxygen atoms in total. The highest BCUT2D eigenvalue weighted by atomic mass is 32.2. The highest BCUT2D eigenvalue weighted by Crippen LogP contribution is 2.26. The molecular formula is C13H20N2OS. The fourth-order valence-electron chi connectivity index (χ4n) is 1.57. The Bertz CT molecular complexity index is 418. The molecule has 94 valence electrons. The first-order chi connectivity index (χ1) is 7.97. The minimum Gasteiger partial charge on any atom is -0.397 e. The normalized spacial score (nSPS) is 12.2. The molecule has 0 aromatic heterocycles. The maximum Gasteiger partial charge on any atom is 0.228 e. The molecule has 0 spiro atoms. The van der Waals surface area contributed by atoms with Gasteiger partial charge in [0.2, 0.25) is 5.91 Å². The van der Waals surface area contributed by atoms with Crippen LogP contribution in [0.1, 0.15) is 18.1 Å². The highest BCUT2D eigenvalue weighted by Gasteiger charge is 2.15. The quantitative estimate of drug-likeness (QED) is 0.810. The van der Waals surface area contributed by atoms with Crippen LogP contribution in [0.3, 0.4) is 0 Å². The molecule has 0 aliphatic heterocycles. The number of hydrogen-bond donors (Lipinski definition) is 2. The molecule has 0 radical (unpaired) electrons. The van der Waals surface area contributed by atoms with Crippen molar-refractivity contribution in [3.63, 3.8) is 0 Å². The van der Waals surface area contributed by atoms with E-state index in [4.69, 9.17) is 5.73 Å². The fraction of sp³-hybridized carbons (Fsp3) is 0.462. The van der Waals surface area contributed by atoms with E-state index < -0.39 is 0 Å². The zero-order valence-electron chi connectivity index (χ0n) is 10.8. The Hall–Kier alpha value is -1.16. The largest absolute Gasteiger partial charge is 0.397 e. The van der Waals surface area contributed by atoms with Gasteiger partial charge in [-0.1, -0.05) is 13.0 Å². The van der Waals surface area contributed by atoms with Crippen molar-refractivity contribution in [1.82, 2.24) is 0 Å². The number of rotatable bonds is 4. The van der Waals surface area contributed by atoms with Gasteiger partial charge in [-0.2, -0.15) is 11.8 Å². The Kier molecular flexibility index (Phi) is 4.87. The third kappa shape index (κ3) is 3.40. The standard InChI is InChI=1S/C13H20N2OS/c1-8-5-6-11(14)12(10(8)3)15-13(16)9(2)7-17-4/h5-6,9H,7,14H2,1-4H3,(H,15,16). The first kappa shape index (κ1) is 13.9. The van der Waals surface area contributed by atoms with E-state index in [0.717, 1.165) is 22.6 Å². The lowest BCUT2D eigenvalue weighted by atomic mass is 10.1. The van der Waals surface area contributed by atoms with Crippen LogP contribution in [0, 0.1) is 19.8 Å². The number of hydrogen-bond acceptors (Lipinski definition) is 3. The van der Waals surface area contributed by atoms with Gasteiger partial charge in [-0.15, -0.1) is 0 Å². The number of anilines is 2. The van der Waals surface area contributed by atoms with Gasteiger partial charge in [0, 0.05) is 11.7 Å². The van der Waals surface area contributed by atoms with E-state index in [1.165, 1.54) is 0 Å². The van der Waals surface area contributed by atoms with Gasteiger partial charge in [0.15, 0.2) is 0 Å². The number of aryl methyl sites for hydroxylation is 1. The summed E-state index contributed by atoms with van der Waals surface area (Å²) < 4.78 is 0. The predicted molar refractivity (Wildman–Crippen MR) is 76.5 cm³/mol. The Morgan fingerprint density at radius 3 is 2.71 bits per heavy atom. The summed E-state index contributed by atoms with van der Waals surface area (Å²) in [5.41, 5.74) is 9.44. The van der Waals surface area contributed by atoms with Crippen LogP contribution in [0.2, 0.25) is 0 Å². The molecule has 0 fully saturated rings. The molecule has 0 aliphatic rings. The maximum atomic E-state index is 11.9. The molecule has 1 amide bonds. The fourth-order valence-corrected chi connectivity index (χ4v) is 2.23. The lowest BCUT2D eigenvalue weighted by molar-refractivity contribution is -0.118. The molecule has 0 aliphatic carbocycles. The van der Waals surface area contributed by atoms with Crippen molar-refractivity contribution in [3.8, 4) is 0 Å². The van der Waals surface area contributed by atoms with Crippen LogP contribution in [0.4, 0.5) is 11.4 Å². The molecule has 4 heteroatoms. The molecule has 1 aromatic carbocycles. The zero-order valence-corrected chi connectivity index (χ0v) is 11.6. The van der Waals surface area contributed by atoms with Crippen molar-refractivity contribution in [2.75, 3.05) is 23.1 Å². The number of nitrogens with two attached hydrogens (primary N) is 1. The van der Waals surface area contributed by atoms with E-state index in [2.05, 4.69) is 5.32 Å². The summed E-state index contributed by atoms with van der Waals surface area (Å²) in [6.45, 7) is 5.91. The molecule has 1 unspecified atom stereocenters. The monoisotopic (exact) mass is 252 g/mol. The Morgan fingerprint density at radius 1 is 1.47 bits per heavy atom. The summed E-state index contributed by atoms with van der Waals surface area (Å²) in [4.78, 5) is 11.9. The molecule has 0 saturated heterocycles. The van der Waals surface area contributed by atoms with Crippen LogP contribution < -0.4 is 11.1 Å². The Balaban J connectivity index is 2.88. The van der Waals surface area contributed by atoms with Gasteiger partial charge in [-0.25, -0.2) is 0 Å². The molecular weight excluding hydrogens is 232 g/mol. The number of carbonyl (C=O) groups is 1. The van der Waals surface area contributed by atoms with Crippen LogP contribution in [0.15, 0.2) is 12.1 Å².